The zero-order valence-corrected chi connectivity index (χ0v) is 23.1. The smallest absolute Gasteiger partial charge is 0.161 e. The highest BCUT2D eigenvalue weighted by molar-refractivity contribution is 5.85. The monoisotopic (exact) mass is 537 g/mol. The van der Waals surface area contributed by atoms with Gasteiger partial charge in [-0.1, -0.05) is 24.7 Å². The lowest BCUT2D eigenvalue weighted by atomic mass is 9.73. The largest absolute Gasteiger partial charge is 0.504 e. The Kier molecular flexibility index (Phi) is 8.96. The number of ether oxygens (including phenoxy) is 1. The summed E-state index contributed by atoms with van der Waals surface area (Å²) in [5.41, 5.74) is 2.68. The van der Waals surface area contributed by atoms with Crippen molar-refractivity contribution in [1.29, 1.82) is 0 Å². The highest BCUT2D eigenvalue weighted by atomic mass is 16.5. The second-order valence-corrected chi connectivity index (χ2v) is 12.2. The van der Waals surface area contributed by atoms with E-state index in [1.165, 1.54) is 13.5 Å². The van der Waals surface area contributed by atoms with Gasteiger partial charge in [0.25, 0.3) is 0 Å². The molecule has 0 bridgehead atoms. The van der Waals surface area contributed by atoms with Crippen molar-refractivity contribution in [3.8, 4) is 23.3 Å². The van der Waals surface area contributed by atoms with Crippen molar-refractivity contribution in [1.82, 2.24) is 5.32 Å². The molecular formula is C32H43NO6. The van der Waals surface area contributed by atoms with E-state index in [0.29, 0.717) is 61.5 Å². The van der Waals surface area contributed by atoms with Crippen LogP contribution >= 0.6 is 0 Å². The molecular weight excluding hydrogens is 494 g/mol. The van der Waals surface area contributed by atoms with Gasteiger partial charge in [-0.25, -0.2) is 0 Å². The summed E-state index contributed by atoms with van der Waals surface area (Å²) in [5.74, 6) is 7.39. The van der Waals surface area contributed by atoms with Gasteiger partial charge in [0.1, 0.15) is 11.7 Å². The van der Waals surface area contributed by atoms with Crippen molar-refractivity contribution in [3.05, 3.63) is 22.8 Å². The number of carbonyl (C=O) groups is 2. The van der Waals surface area contributed by atoms with Gasteiger partial charge in [-0.2, -0.15) is 0 Å². The van der Waals surface area contributed by atoms with Gasteiger partial charge in [0.15, 0.2) is 17.3 Å². The summed E-state index contributed by atoms with van der Waals surface area (Å²) in [5, 5.41) is 35.6. The number of hydrogen-bond acceptors (Lipinski definition) is 7. The molecule has 4 aliphatic rings. The summed E-state index contributed by atoms with van der Waals surface area (Å²) in [6, 6.07) is 2.17. The average molecular weight is 538 g/mol. The fourth-order valence-corrected chi connectivity index (χ4v) is 7.47. The normalized spacial score (nSPS) is 31.1. The molecule has 4 N–H and O–H groups in total. The molecule has 0 spiro atoms. The van der Waals surface area contributed by atoms with Crippen molar-refractivity contribution in [2.24, 2.45) is 23.7 Å². The summed E-state index contributed by atoms with van der Waals surface area (Å²) in [4.78, 5) is 25.0. The second kappa shape index (κ2) is 12.4. The number of phenols is 1. The van der Waals surface area contributed by atoms with Crippen LogP contribution < -0.4 is 10.1 Å². The maximum Gasteiger partial charge on any atom is 0.161 e. The molecule has 1 saturated carbocycles. The molecule has 1 aromatic carbocycles. The molecule has 7 atom stereocenters. The van der Waals surface area contributed by atoms with Gasteiger partial charge in [0.05, 0.1) is 19.1 Å². The Morgan fingerprint density at radius 3 is 2.77 bits per heavy atom. The number of nitrogens with one attached hydrogen (secondary N) is 1. The van der Waals surface area contributed by atoms with Crippen LogP contribution in [0.25, 0.3) is 0 Å². The highest BCUT2D eigenvalue weighted by Gasteiger charge is 2.36. The molecule has 7 nitrogen and oxygen atoms in total. The number of phenolic OH excluding ortho intramolecular Hbond substituents is 1. The Labute approximate surface area is 231 Å². The van der Waals surface area contributed by atoms with E-state index >= 15 is 0 Å². The van der Waals surface area contributed by atoms with Crippen molar-refractivity contribution >= 4 is 11.6 Å². The summed E-state index contributed by atoms with van der Waals surface area (Å²) in [6.45, 7) is 0.944. The maximum atomic E-state index is 13.3. The Hall–Kier alpha value is -2.40. The fraction of sp³-hybridized carbons (Fsp3) is 0.688. The van der Waals surface area contributed by atoms with E-state index in [4.69, 9.17) is 4.74 Å². The van der Waals surface area contributed by atoms with E-state index in [9.17, 15) is 24.9 Å². The van der Waals surface area contributed by atoms with Gasteiger partial charge in [0.2, 0.25) is 0 Å². The Balaban J connectivity index is 1.22. The molecule has 1 aromatic rings. The first-order chi connectivity index (χ1) is 18.9. The lowest BCUT2D eigenvalue weighted by Gasteiger charge is -2.39. The first-order valence-electron chi connectivity index (χ1n) is 14.9. The van der Waals surface area contributed by atoms with Gasteiger partial charge in [-0.05, 0) is 80.5 Å². The van der Waals surface area contributed by atoms with Crippen LogP contribution in [-0.4, -0.2) is 59.3 Å². The quantitative estimate of drug-likeness (QED) is 0.297. The van der Waals surface area contributed by atoms with Gasteiger partial charge in [-0.3, -0.25) is 9.59 Å². The Morgan fingerprint density at radius 2 is 1.97 bits per heavy atom. The molecule has 0 radical (unpaired) electrons. The minimum Gasteiger partial charge on any atom is -0.504 e. The molecule has 1 saturated heterocycles. The lowest BCUT2D eigenvalue weighted by molar-refractivity contribution is -0.124. The summed E-state index contributed by atoms with van der Waals surface area (Å²) >= 11 is 0. The third kappa shape index (κ3) is 6.04. The zero-order chi connectivity index (χ0) is 27.5. The van der Waals surface area contributed by atoms with E-state index < -0.39 is 12.0 Å². The fourth-order valence-electron chi connectivity index (χ4n) is 7.47. The van der Waals surface area contributed by atoms with Gasteiger partial charge < -0.3 is 25.4 Å². The van der Waals surface area contributed by atoms with Crippen LogP contribution in [0.4, 0.5) is 0 Å². The average Bonchev–Trinajstić information content (AvgIpc) is 3.01. The van der Waals surface area contributed by atoms with Crippen LogP contribution in [-0.2, 0) is 22.4 Å². The van der Waals surface area contributed by atoms with E-state index in [-0.39, 0.29) is 36.4 Å². The van der Waals surface area contributed by atoms with Crippen molar-refractivity contribution in [2.45, 2.75) is 95.1 Å². The van der Waals surface area contributed by atoms with Crippen LogP contribution in [0.5, 0.6) is 11.5 Å². The maximum absolute atomic E-state index is 13.3. The number of benzene rings is 1. The lowest BCUT2D eigenvalue weighted by Crippen LogP contribution is -2.48. The Bertz CT molecular complexity index is 1140. The van der Waals surface area contributed by atoms with Gasteiger partial charge >= 0.3 is 0 Å². The summed E-state index contributed by atoms with van der Waals surface area (Å²) in [6.07, 6.45) is 8.31. The van der Waals surface area contributed by atoms with Gasteiger partial charge in [0, 0.05) is 43.4 Å². The Morgan fingerprint density at radius 1 is 1.13 bits per heavy atom. The van der Waals surface area contributed by atoms with E-state index in [1.54, 1.807) is 6.07 Å². The number of unbranched alkanes of at least 4 members (excludes halogenated alkanes) is 1. The molecule has 1 heterocycles. The second-order valence-electron chi connectivity index (χ2n) is 12.2. The molecule has 0 unspecified atom stereocenters. The topological polar surface area (TPSA) is 116 Å². The number of aliphatic hydroxyl groups excluding tert-OH is 2. The minimum absolute atomic E-state index is 0.0138. The number of carbonyl (C=O) groups excluding carboxylic acids is 2. The highest BCUT2D eigenvalue weighted by Crippen LogP contribution is 2.46. The van der Waals surface area contributed by atoms with Crippen molar-refractivity contribution in [2.75, 3.05) is 20.3 Å². The predicted molar refractivity (Wildman–Crippen MR) is 148 cm³/mol. The molecule has 1 aliphatic heterocycles. The number of fused-ring (bicyclic) bond motifs is 1. The van der Waals surface area contributed by atoms with Crippen molar-refractivity contribution in [3.63, 3.8) is 0 Å². The number of ketones is 2. The van der Waals surface area contributed by atoms with Crippen LogP contribution in [0.2, 0.25) is 0 Å². The molecule has 5 rings (SSSR count). The summed E-state index contributed by atoms with van der Waals surface area (Å²) < 4.78 is 5.41. The standard InChI is InChI=1S/C32H43NO6/c1-39-30-15-21-8-13-29(37)25(12-11-24-22(18-34)7-10-26(31(21)24)32(30)38)28(36)5-3-2-4-19-14-20-6-9-23(35)16-27(20)33-17-19/h15,19-20,22,24-25,27-28,33-34,36,38H,2-10,13-14,16-18H2,1H3/t19-,20+,22+,24+,25+,27+,28+/m0/s1. The number of hydrogen-bond donors (Lipinski definition) is 4. The van der Waals surface area contributed by atoms with E-state index in [0.717, 1.165) is 55.3 Å². The van der Waals surface area contributed by atoms with Gasteiger partial charge in [-0.15, -0.1) is 0 Å². The number of Topliss-reactive ketones (excluding diaryl/α,β-unsaturated/α-hetero) is 2. The number of aromatic hydroxyl groups is 1. The number of rotatable bonds is 8. The van der Waals surface area contributed by atoms with E-state index in [1.807, 2.05) is 0 Å². The molecule has 3 aliphatic carbocycles. The first-order valence-corrected chi connectivity index (χ1v) is 14.9. The predicted octanol–water partition coefficient (Wildman–Crippen LogP) is 3.44. The van der Waals surface area contributed by atoms with E-state index in [2.05, 4.69) is 17.2 Å². The number of methoxy groups -OCH3 is 1. The third-order valence-electron chi connectivity index (χ3n) is 9.74. The first kappa shape index (κ1) is 28.1. The van der Waals surface area contributed by atoms with Crippen LogP contribution in [0.1, 0.15) is 86.8 Å². The molecule has 7 heteroatoms. The third-order valence-corrected chi connectivity index (χ3v) is 9.74. The molecule has 0 aromatic heterocycles. The number of aliphatic hydroxyl groups is 2. The SMILES string of the molecule is COc1cc2c3c(c1O)CC[C@H](CO)[C@H]3C#C[C@H]([C@H](O)CCCC[C@@H]1CN[C@@H]3CC(=O)CC[C@@H]3C1)C(=O)CC2. The molecule has 2 fully saturated rings. The van der Waals surface area contributed by atoms with Crippen molar-refractivity contribution < 1.29 is 29.6 Å². The van der Waals surface area contributed by atoms with Crippen LogP contribution in [0.3, 0.4) is 0 Å². The molecule has 0 amide bonds. The molecule has 39 heavy (non-hydrogen) atoms. The molecule has 212 valence electrons. The summed E-state index contributed by atoms with van der Waals surface area (Å²) in [7, 11) is 1.52. The number of aryl methyl sites for hydroxylation is 1. The minimum atomic E-state index is -0.817. The zero-order valence-electron chi connectivity index (χ0n) is 23.1. The van der Waals surface area contributed by atoms with Crippen LogP contribution in [0, 0.1) is 35.5 Å². The number of piperidine rings is 1. The van der Waals surface area contributed by atoms with Crippen LogP contribution in [0.15, 0.2) is 6.07 Å².